The average Bonchev–Trinajstić information content (AvgIpc) is 2.49. The molecule has 0 aromatic heterocycles. The highest BCUT2D eigenvalue weighted by Gasteiger charge is 1.97. The maximum atomic E-state index is 5.21. The first kappa shape index (κ1) is 14.9. The second-order valence-electron chi connectivity index (χ2n) is 3.60. The lowest BCUT2D eigenvalue weighted by Gasteiger charge is -2.04. The summed E-state index contributed by atoms with van der Waals surface area (Å²) in [6.45, 7) is 2.72. The second kappa shape index (κ2) is 8.86. The Balaban J connectivity index is 0.000000191. The highest BCUT2D eigenvalue weighted by molar-refractivity contribution is 5.39. The van der Waals surface area contributed by atoms with Gasteiger partial charge in [0.1, 0.15) is 5.75 Å². The zero-order valence-electron chi connectivity index (χ0n) is 11.6. The van der Waals surface area contributed by atoms with E-state index in [-0.39, 0.29) is 0 Å². The van der Waals surface area contributed by atoms with Crippen molar-refractivity contribution in [3.8, 4) is 17.2 Å². The molecular weight excluding hydrogens is 240 g/mol. The summed E-state index contributed by atoms with van der Waals surface area (Å²) >= 11 is 0. The van der Waals surface area contributed by atoms with Crippen LogP contribution in [0.4, 0.5) is 0 Å². The predicted molar refractivity (Wildman–Crippen MR) is 77.2 cm³/mol. The Kier molecular flexibility index (Phi) is 6.95. The van der Waals surface area contributed by atoms with Gasteiger partial charge in [0.2, 0.25) is 0 Å². The minimum absolute atomic E-state index is 0.740. The van der Waals surface area contributed by atoms with Gasteiger partial charge in [-0.15, -0.1) is 0 Å². The van der Waals surface area contributed by atoms with Gasteiger partial charge in [0.25, 0.3) is 0 Å². The third-order valence-electron chi connectivity index (χ3n) is 2.34. The highest BCUT2D eigenvalue weighted by Crippen LogP contribution is 2.24. The first-order valence-electron chi connectivity index (χ1n) is 6.16. The largest absolute Gasteiger partial charge is 0.494 e. The molecule has 0 amide bonds. The van der Waals surface area contributed by atoms with Gasteiger partial charge in [0, 0.05) is 0 Å². The van der Waals surface area contributed by atoms with Gasteiger partial charge >= 0.3 is 0 Å². The van der Waals surface area contributed by atoms with E-state index in [9.17, 15) is 0 Å². The van der Waals surface area contributed by atoms with Crippen LogP contribution in [0.25, 0.3) is 0 Å². The van der Waals surface area contributed by atoms with Gasteiger partial charge in [0.15, 0.2) is 11.5 Å². The first-order valence-corrected chi connectivity index (χ1v) is 6.16. The predicted octanol–water partition coefficient (Wildman–Crippen LogP) is 3.79. The van der Waals surface area contributed by atoms with Crippen LogP contribution in [0.15, 0.2) is 54.6 Å². The van der Waals surface area contributed by atoms with E-state index in [1.54, 1.807) is 14.2 Å². The van der Waals surface area contributed by atoms with E-state index in [1.165, 1.54) is 0 Å². The summed E-state index contributed by atoms with van der Waals surface area (Å²) in [5.41, 5.74) is 0. The Hall–Kier alpha value is -2.16. The Morgan fingerprint density at radius 2 is 1.21 bits per heavy atom. The Bertz CT molecular complexity index is 432. The van der Waals surface area contributed by atoms with Crippen LogP contribution < -0.4 is 14.2 Å². The minimum atomic E-state index is 0.740. The topological polar surface area (TPSA) is 27.7 Å². The van der Waals surface area contributed by atoms with Crippen LogP contribution in [0, 0.1) is 0 Å². The van der Waals surface area contributed by atoms with Gasteiger partial charge in [-0.05, 0) is 31.2 Å². The smallest absolute Gasteiger partial charge is 0.160 e. The lowest BCUT2D eigenvalue weighted by Crippen LogP contribution is -1.89. The molecule has 0 aliphatic rings. The normalized spacial score (nSPS) is 9.00. The number of ether oxygens (including phenoxy) is 3. The third-order valence-corrected chi connectivity index (χ3v) is 2.34. The summed E-state index contributed by atoms with van der Waals surface area (Å²) in [4.78, 5) is 0. The Morgan fingerprint density at radius 1 is 0.737 bits per heavy atom. The fourth-order valence-corrected chi connectivity index (χ4v) is 1.47. The zero-order chi connectivity index (χ0) is 13.9. The summed E-state index contributed by atoms with van der Waals surface area (Å²) in [6.07, 6.45) is 0. The van der Waals surface area contributed by atoms with Crippen molar-refractivity contribution in [2.75, 3.05) is 20.8 Å². The first-order chi connectivity index (χ1) is 9.31. The van der Waals surface area contributed by atoms with Crippen LogP contribution in [0.1, 0.15) is 6.92 Å². The zero-order valence-corrected chi connectivity index (χ0v) is 11.6. The minimum Gasteiger partial charge on any atom is -0.494 e. The molecule has 0 unspecified atom stereocenters. The molecule has 0 saturated heterocycles. The standard InChI is InChI=1S/C8H10O2.C8H10O/c1-9-7-5-3-4-6-8(7)10-2;1-2-9-8-6-4-3-5-7-8/h3-6H,1-2H3;3-7H,2H2,1H3. The molecule has 2 rings (SSSR count). The maximum absolute atomic E-state index is 5.21. The van der Waals surface area contributed by atoms with E-state index in [0.717, 1.165) is 23.9 Å². The molecule has 0 N–H and O–H groups in total. The van der Waals surface area contributed by atoms with Crippen molar-refractivity contribution in [1.82, 2.24) is 0 Å². The molecule has 19 heavy (non-hydrogen) atoms. The molecule has 3 nitrogen and oxygen atoms in total. The van der Waals surface area contributed by atoms with Crippen molar-refractivity contribution in [1.29, 1.82) is 0 Å². The number of para-hydroxylation sites is 3. The maximum Gasteiger partial charge on any atom is 0.160 e. The van der Waals surface area contributed by atoms with Gasteiger partial charge in [-0.3, -0.25) is 0 Å². The molecule has 0 heterocycles. The number of hydrogen-bond acceptors (Lipinski definition) is 3. The van der Waals surface area contributed by atoms with Crippen LogP contribution in [-0.4, -0.2) is 20.8 Å². The molecule has 0 fully saturated rings. The van der Waals surface area contributed by atoms with Crippen LogP contribution in [0.5, 0.6) is 17.2 Å². The van der Waals surface area contributed by atoms with Crippen molar-refractivity contribution in [3.05, 3.63) is 54.6 Å². The van der Waals surface area contributed by atoms with E-state index in [4.69, 9.17) is 14.2 Å². The molecule has 0 aliphatic carbocycles. The fourth-order valence-electron chi connectivity index (χ4n) is 1.47. The number of hydrogen-bond donors (Lipinski definition) is 0. The molecule has 102 valence electrons. The van der Waals surface area contributed by atoms with Crippen LogP contribution in [0.2, 0.25) is 0 Å². The SMILES string of the molecule is CCOc1ccccc1.COc1ccccc1OC. The molecule has 0 atom stereocenters. The van der Waals surface area contributed by atoms with Gasteiger partial charge in [-0.2, -0.15) is 0 Å². The Labute approximate surface area is 114 Å². The monoisotopic (exact) mass is 260 g/mol. The van der Waals surface area contributed by atoms with E-state index < -0.39 is 0 Å². The molecular formula is C16H20O3. The van der Waals surface area contributed by atoms with Crippen molar-refractivity contribution >= 4 is 0 Å². The average molecular weight is 260 g/mol. The molecule has 0 spiro atoms. The summed E-state index contributed by atoms with van der Waals surface area (Å²) in [7, 11) is 3.25. The number of benzene rings is 2. The quantitative estimate of drug-likeness (QED) is 0.837. The molecule has 0 aliphatic heterocycles. The second-order valence-corrected chi connectivity index (χ2v) is 3.60. The van der Waals surface area contributed by atoms with Gasteiger partial charge in [-0.1, -0.05) is 30.3 Å². The van der Waals surface area contributed by atoms with Crippen molar-refractivity contribution < 1.29 is 14.2 Å². The van der Waals surface area contributed by atoms with Crippen LogP contribution in [-0.2, 0) is 0 Å². The molecule has 0 saturated carbocycles. The summed E-state index contributed by atoms with van der Waals surface area (Å²) < 4.78 is 15.2. The molecule has 0 bridgehead atoms. The Morgan fingerprint density at radius 3 is 1.63 bits per heavy atom. The van der Waals surface area contributed by atoms with Crippen molar-refractivity contribution in [2.45, 2.75) is 6.92 Å². The number of rotatable bonds is 4. The van der Waals surface area contributed by atoms with E-state index in [1.807, 2.05) is 61.5 Å². The van der Waals surface area contributed by atoms with Gasteiger partial charge in [-0.25, -0.2) is 0 Å². The molecule has 3 heteroatoms. The van der Waals surface area contributed by atoms with Crippen LogP contribution in [0.3, 0.4) is 0 Å². The highest BCUT2D eigenvalue weighted by atomic mass is 16.5. The van der Waals surface area contributed by atoms with Gasteiger partial charge < -0.3 is 14.2 Å². The number of methoxy groups -OCH3 is 2. The van der Waals surface area contributed by atoms with Gasteiger partial charge in [0.05, 0.1) is 20.8 Å². The van der Waals surface area contributed by atoms with E-state index >= 15 is 0 Å². The molecule has 0 radical (unpaired) electrons. The van der Waals surface area contributed by atoms with Crippen molar-refractivity contribution in [3.63, 3.8) is 0 Å². The molecule has 2 aromatic carbocycles. The lowest BCUT2D eigenvalue weighted by molar-refractivity contribution is 0.340. The van der Waals surface area contributed by atoms with Crippen molar-refractivity contribution in [2.24, 2.45) is 0 Å². The third kappa shape index (κ3) is 5.34. The van der Waals surface area contributed by atoms with Crippen LogP contribution >= 0.6 is 0 Å². The lowest BCUT2D eigenvalue weighted by atomic mass is 10.3. The summed E-state index contributed by atoms with van der Waals surface area (Å²) in [6, 6.07) is 17.3. The summed E-state index contributed by atoms with van der Waals surface area (Å²) in [5.74, 6) is 2.48. The fraction of sp³-hybridized carbons (Fsp3) is 0.250. The van der Waals surface area contributed by atoms with E-state index in [2.05, 4.69) is 0 Å². The summed E-state index contributed by atoms with van der Waals surface area (Å²) in [5, 5.41) is 0. The van der Waals surface area contributed by atoms with E-state index in [0.29, 0.717) is 0 Å². The molecule has 2 aromatic rings.